The molecule has 2 aromatic rings. The molecule has 4 rings (SSSR count). The molecule has 1 aromatic heterocycles. The molecule has 0 spiro atoms. The Morgan fingerprint density at radius 1 is 1.32 bits per heavy atom. The summed E-state index contributed by atoms with van der Waals surface area (Å²) in [5.41, 5.74) is 5.97. The van der Waals surface area contributed by atoms with Crippen molar-refractivity contribution in [2.75, 3.05) is 13.1 Å². The fourth-order valence-corrected chi connectivity index (χ4v) is 3.96. The molecule has 1 aromatic carbocycles. The Hall–Kier alpha value is -2.61. The van der Waals surface area contributed by atoms with Crippen LogP contribution in [0.15, 0.2) is 33.7 Å². The summed E-state index contributed by atoms with van der Waals surface area (Å²) < 4.78 is 2.39. The highest BCUT2D eigenvalue weighted by atomic mass is 79.9. The van der Waals surface area contributed by atoms with Crippen LogP contribution in [0.5, 0.6) is 5.75 Å². The monoisotopic (exact) mass is 403 g/mol. The van der Waals surface area contributed by atoms with Crippen molar-refractivity contribution < 1.29 is 14.7 Å². The minimum Gasteiger partial charge on any atom is -0.503 e. The topological polar surface area (TPSA) is 106 Å². The van der Waals surface area contributed by atoms with Gasteiger partial charge in [-0.05, 0) is 29.7 Å². The SMILES string of the molecule is NC(=O)c1cn2c(c(O)c1=O)C(=O)N1CCc3ccc(Br)cc3C2C1. The van der Waals surface area contributed by atoms with Crippen molar-refractivity contribution in [2.45, 2.75) is 12.5 Å². The van der Waals surface area contributed by atoms with Gasteiger partial charge < -0.3 is 20.3 Å². The van der Waals surface area contributed by atoms with E-state index in [2.05, 4.69) is 15.9 Å². The third-order valence-corrected chi connectivity index (χ3v) is 5.31. The second-order valence-electron chi connectivity index (χ2n) is 6.20. The lowest BCUT2D eigenvalue weighted by molar-refractivity contribution is 0.0686. The third kappa shape index (κ3) is 2.28. The van der Waals surface area contributed by atoms with E-state index < -0.39 is 23.0 Å². The molecule has 1 atom stereocenters. The number of nitrogens with zero attached hydrogens (tertiary/aromatic N) is 2. The van der Waals surface area contributed by atoms with Gasteiger partial charge >= 0.3 is 0 Å². The molecule has 25 heavy (non-hydrogen) atoms. The van der Waals surface area contributed by atoms with Gasteiger partial charge in [-0.15, -0.1) is 0 Å². The first-order valence-corrected chi connectivity index (χ1v) is 8.53. The molecule has 0 fully saturated rings. The second kappa shape index (κ2) is 5.45. The number of hydrogen-bond donors (Lipinski definition) is 2. The predicted molar refractivity (Wildman–Crippen MR) is 92.8 cm³/mol. The molecular weight excluding hydrogens is 390 g/mol. The van der Waals surface area contributed by atoms with Crippen LogP contribution in [0.4, 0.5) is 0 Å². The summed E-state index contributed by atoms with van der Waals surface area (Å²) in [6, 6.07) is 5.57. The molecular formula is C17H14BrN3O4. The number of pyridine rings is 1. The number of primary amides is 1. The zero-order chi connectivity index (χ0) is 17.9. The van der Waals surface area contributed by atoms with Gasteiger partial charge in [-0.3, -0.25) is 14.4 Å². The summed E-state index contributed by atoms with van der Waals surface area (Å²) >= 11 is 3.46. The number of aromatic nitrogens is 1. The fourth-order valence-electron chi connectivity index (χ4n) is 3.58. The first kappa shape index (κ1) is 15.9. The van der Waals surface area contributed by atoms with Crippen LogP contribution < -0.4 is 11.2 Å². The molecule has 8 heteroatoms. The number of fused-ring (bicyclic) bond motifs is 6. The highest BCUT2D eigenvalue weighted by Gasteiger charge is 2.38. The van der Waals surface area contributed by atoms with Gasteiger partial charge in [0.2, 0.25) is 5.43 Å². The van der Waals surface area contributed by atoms with E-state index in [4.69, 9.17) is 5.73 Å². The number of aromatic hydroxyl groups is 1. The molecule has 2 aliphatic rings. The average Bonchev–Trinajstić information content (AvgIpc) is 2.73. The Balaban J connectivity index is 2.05. The smallest absolute Gasteiger partial charge is 0.274 e. The van der Waals surface area contributed by atoms with E-state index >= 15 is 0 Å². The van der Waals surface area contributed by atoms with Crippen LogP contribution in [0.2, 0.25) is 0 Å². The van der Waals surface area contributed by atoms with Crippen molar-refractivity contribution in [2.24, 2.45) is 5.73 Å². The van der Waals surface area contributed by atoms with E-state index in [0.29, 0.717) is 19.5 Å². The van der Waals surface area contributed by atoms with Crippen LogP contribution in [-0.4, -0.2) is 39.5 Å². The summed E-state index contributed by atoms with van der Waals surface area (Å²) in [5, 5.41) is 10.3. The molecule has 128 valence electrons. The van der Waals surface area contributed by atoms with E-state index in [9.17, 15) is 19.5 Å². The molecule has 0 saturated heterocycles. The number of carbonyl (C=O) groups excluding carboxylic acids is 2. The van der Waals surface area contributed by atoms with E-state index in [1.807, 2.05) is 18.2 Å². The van der Waals surface area contributed by atoms with Gasteiger partial charge in [0.25, 0.3) is 11.8 Å². The van der Waals surface area contributed by atoms with Crippen LogP contribution in [0.3, 0.4) is 0 Å². The van der Waals surface area contributed by atoms with Crippen LogP contribution >= 0.6 is 15.9 Å². The van der Waals surface area contributed by atoms with E-state index in [-0.39, 0.29) is 17.3 Å². The van der Waals surface area contributed by atoms with Gasteiger partial charge in [0, 0.05) is 23.8 Å². The maximum Gasteiger partial charge on any atom is 0.274 e. The molecule has 0 saturated carbocycles. The molecule has 3 N–H and O–H groups in total. The van der Waals surface area contributed by atoms with E-state index in [1.165, 1.54) is 10.8 Å². The third-order valence-electron chi connectivity index (χ3n) is 4.81. The number of amides is 2. The number of rotatable bonds is 1. The summed E-state index contributed by atoms with van der Waals surface area (Å²) in [6.45, 7) is 0.894. The van der Waals surface area contributed by atoms with Gasteiger partial charge in [0.15, 0.2) is 11.4 Å². The highest BCUT2D eigenvalue weighted by molar-refractivity contribution is 9.10. The Morgan fingerprint density at radius 3 is 2.80 bits per heavy atom. The van der Waals surface area contributed by atoms with E-state index in [1.54, 1.807) is 4.90 Å². The molecule has 3 heterocycles. The summed E-state index contributed by atoms with van der Waals surface area (Å²) in [4.78, 5) is 38.1. The van der Waals surface area contributed by atoms with Crippen molar-refractivity contribution in [3.8, 4) is 5.75 Å². The van der Waals surface area contributed by atoms with Crippen LogP contribution in [-0.2, 0) is 6.42 Å². The normalized spacial score (nSPS) is 18.4. The predicted octanol–water partition coefficient (Wildman–Crippen LogP) is 1.02. The number of hydrogen-bond acceptors (Lipinski definition) is 4. The van der Waals surface area contributed by atoms with Crippen LogP contribution in [0, 0.1) is 0 Å². The fraction of sp³-hybridized carbons (Fsp3) is 0.235. The Morgan fingerprint density at radius 2 is 2.08 bits per heavy atom. The van der Waals surface area contributed by atoms with Gasteiger partial charge in [-0.1, -0.05) is 22.0 Å². The van der Waals surface area contributed by atoms with Crippen molar-refractivity contribution in [1.29, 1.82) is 0 Å². The van der Waals surface area contributed by atoms with Gasteiger partial charge in [0.1, 0.15) is 5.56 Å². The number of halogens is 1. The summed E-state index contributed by atoms with van der Waals surface area (Å²) in [6.07, 6.45) is 1.96. The minimum atomic E-state index is -0.937. The van der Waals surface area contributed by atoms with Gasteiger partial charge in [0.05, 0.1) is 6.04 Å². The number of carbonyl (C=O) groups is 2. The molecule has 2 amide bonds. The number of nitrogens with two attached hydrogens (primary N) is 1. The Kier molecular flexibility index (Phi) is 3.47. The standard InChI is InChI=1S/C17H14BrN3O4/c18-9-2-1-8-3-4-20-7-12(10(8)5-9)21-6-11(16(19)24)14(22)15(23)13(21)17(20)25/h1-2,5-6,12,23H,3-4,7H2,(H2,19,24). The second-order valence-corrected chi connectivity index (χ2v) is 7.12. The lowest BCUT2D eigenvalue weighted by Gasteiger charge is -2.35. The summed E-state index contributed by atoms with van der Waals surface area (Å²) in [5.74, 6) is -2.09. The highest BCUT2D eigenvalue weighted by Crippen LogP contribution is 2.35. The lowest BCUT2D eigenvalue weighted by Crippen LogP contribution is -2.44. The van der Waals surface area contributed by atoms with Crippen molar-refractivity contribution in [3.05, 3.63) is 61.5 Å². The zero-order valence-electron chi connectivity index (χ0n) is 13.0. The maximum absolute atomic E-state index is 12.7. The molecule has 0 radical (unpaired) electrons. The molecule has 1 unspecified atom stereocenters. The van der Waals surface area contributed by atoms with Gasteiger partial charge in [-0.25, -0.2) is 0 Å². The van der Waals surface area contributed by atoms with Gasteiger partial charge in [-0.2, -0.15) is 0 Å². The van der Waals surface area contributed by atoms with Crippen molar-refractivity contribution in [3.63, 3.8) is 0 Å². The van der Waals surface area contributed by atoms with Crippen molar-refractivity contribution >= 4 is 27.7 Å². The minimum absolute atomic E-state index is 0.0981. The average molecular weight is 404 g/mol. The van der Waals surface area contributed by atoms with Crippen LogP contribution in [0.1, 0.15) is 38.0 Å². The Labute approximate surface area is 150 Å². The first-order chi connectivity index (χ1) is 11.9. The largest absolute Gasteiger partial charge is 0.503 e. The molecule has 2 aliphatic heterocycles. The number of benzene rings is 1. The summed E-state index contributed by atoms with van der Waals surface area (Å²) in [7, 11) is 0. The molecule has 0 aliphatic carbocycles. The zero-order valence-corrected chi connectivity index (χ0v) is 14.6. The van der Waals surface area contributed by atoms with Crippen LogP contribution in [0.25, 0.3) is 0 Å². The molecule has 7 nitrogen and oxygen atoms in total. The Bertz CT molecular complexity index is 998. The maximum atomic E-state index is 12.7. The first-order valence-electron chi connectivity index (χ1n) is 7.74. The van der Waals surface area contributed by atoms with E-state index in [0.717, 1.165) is 15.6 Å². The lowest BCUT2D eigenvalue weighted by atomic mass is 9.97. The van der Waals surface area contributed by atoms with Crippen molar-refractivity contribution in [1.82, 2.24) is 9.47 Å². The molecule has 2 bridgehead atoms. The quantitative estimate of drug-likeness (QED) is 0.740.